The van der Waals surface area contributed by atoms with E-state index < -0.39 is 11.8 Å². The molecule has 1 aromatic heterocycles. The molecule has 0 bridgehead atoms. The fraction of sp³-hybridized carbons (Fsp3) is 0.556. The molecular weight excluding hydrogens is 184 g/mol. The summed E-state index contributed by atoms with van der Waals surface area (Å²) in [7, 11) is 0. The zero-order chi connectivity index (χ0) is 10.7. The van der Waals surface area contributed by atoms with Crippen LogP contribution in [0.5, 0.6) is 0 Å². The van der Waals surface area contributed by atoms with E-state index in [0.717, 1.165) is 5.69 Å². The fourth-order valence-corrected chi connectivity index (χ4v) is 1.27. The van der Waals surface area contributed by atoms with Crippen molar-refractivity contribution in [2.45, 2.75) is 26.5 Å². The summed E-state index contributed by atoms with van der Waals surface area (Å²) in [4.78, 5) is 15.1. The van der Waals surface area contributed by atoms with Gasteiger partial charge < -0.3 is 10.2 Å². The van der Waals surface area contributed by atoms with Crippen LogP contribution in [0.15, 0.2) is 10.9 Å². The van der Waals surface area contributed by atoms with Gasteiger partial charge in [-0.1, -0.05) is 0 Å². The second-order valence-electron chi connectivity index (χ2n) is 3.27. The van der Waals surface area contributed by atoms with Crippen molar-refractivity contribution in [2.24, 2.45) is 0 Å². The third-order valence-corrected chi connectivity index (χ3v) is 1.95. The Morgan fingerprint density at radius 3 is 2.71 bits per heavy atom. The van der Waals surface area contributed by atoms with Gasteiger partial charge in [-0.2, -0.15) is 4.98 Å². The predicted molar refractivity (Wildman–Crippen MR) is 51.1 cm³/mol. The summed E-state index contributed by atoms with van der Waals surface area (Å²) < 4.78 is 1.34. The molecule has 5 nitrogen and oxygen atoms in total. The maximum Gasteiger partial charge on any atom is 0.348 e. The predicted octanol–water partition coefficient (Wildman–Crippen LogP) is -0.787. The number of hydrogen-bond acceptors (Lipinski definition) is 4. The van der Waals surface area contributed by atoms with Crippen molar-refractivity contribution in [1.29, 1.82) is 0 Å². The van der Waals surface area contributed by atoms with Crippen molar-refractivity contribution in [3.63, 3.8) is 0 Å². The van der Waals surface area contributed by atoms with Gasteiger partial charge in [-0.25, -0.2) is 4.79 Å². The summed E-state index contributed by atoms with van der Waals surface area (Å²) in [6.07, 6.45) is -0.920. The number of nitrogens with zero attached hydrogens (tertiary/aromatic N) is 2. The molecule has 1 atom stereocenters. The highest BCUT2D eigenvalue weighted by atomic mass is 16.3. The lowest BCUT2D eigenvalue weighted by Crippen LogP contribution is -2.31. The molecule has 0 spiro atoms. The lowest BCUT2D eigenvalue weighted by molar-refractivity contribution is 0.0795. The minimum atomic E-state index is -0.920. The van der Waals surface area contributed by atoms with Crippen LogP contribution in [0.25, 0.3) is 0 Å². The fourth-order valence-electron chi connectivity index (χ4n) is 1.27. The van der Waals surface area contributed by atoms with E-state index in [4.69, 9.17) is 5.11 Å². The number of aryl methyl sites for hydroxylation is 2. The molecule has 0 aromatic carbocycles. The number of aromatic nitrogens is 2. The summed E-state index contributed by atoms with van der Waals surface area (Å²) in [5.41, 5.74) is 0.993. The van der Waals surface area contributed by atoms with Crippen molar-refractivity contribution in [3.05, 3.63) is 27.9 Å². The van der Waals surface area contributed by atoms with Crippen LogP contribution in [0.4, 0.5) is 0 Å². The van der Waals surface area contributed by atoms with E-state index in [-0.39, 0.29) is 13.2 Å². The van der Waals surface area contributed by atoms with Crippen LogP contribution >= 0.6 is 0 Å². The average molecular weight is 198 g/mol. The standard InChI is InChI=1S/C9H14N2O3/c1-6-3-7(2)11(9(14)10-6)4-8(13)5-12/h3,8,12-13H,4-5H2,1-2H3. The van der Waals surface area contributed by atoms with E-state index in [1.807, 2.05) is 0 Å². The van der Waals surface area contributed by atoms with Crippen molar-refractivity contribution >= 4 is 0 Å². The third kappa shape index (κ3) is 2.40. The largest absolute Gasteiger partial charge is 0.394 e. The molecule has 1 rings (SSSR count). The SMILES string of the molecule is Cc1cc(C)n(CC(O)CO)c(=O)n1. The molecule has 78 valence electrons. The van der Waals surface area contributed by atoms with E-state index in [1.54, 1.807) is 19.9 Å². The average Bonchev–Trinajstić information content (AvgIpc) is 2.10. The van der Waals surface area contributed by atoms with Crippen LogP contribution in [0, 0.1) is 13.8 Å². The quantitative estimate of drug-likeness (QED) is 0.667. The molecule has 0 saturated carbocycles. The van der Waals surface area contributed by atoms with E-state index in [0.29, 0.717) is 5.69 Å². The molecule has 0 aliphatic heterocycles. The third-order valence-electron chi connectivity index (χ3n) is 1.95. The van der Waals surface area contributed by atoms with Crippen LogP contribution in [0.3, 0.4) is 0 Å². The summed E-state index contributed by atoms with van der Waals surface area (Å²) in [6.45, 7) is 3.22. The maximum atomic E-state index is 11.4. The number of rotatable bonds is 3. The first-order valence-electron chi connectivity index (χ1n) is 4.38. The highest BCUT2D eigenvalue weighted by Crippen LogP contribution is 1.98. The van der Waals surface area contributed by atoms with Crippen molar-refractivity contribution < 1.29 is 10.2 Å². The lowest BCUT2D eigenvalue weighted by atomic mass is 10.3. The van der Waals surface area contributed by atoms with Gasteiger partial charge in [0.1, 0.15) is 0 Å². The zero-order valence-corrected chi connectivity index (χ0v) is 8.27. The molecular formula is C9H14N2O3. The monoisotopic (exact) mass is 198 g/mol. The summed E-state index contributed by atoms with van der Waals surface area (Å²) in [5.74, 6) is 0. The van der Waals surface area contributed by atoms with Crippen LogP contribution < -0.4 is 5.69 Å². The number of aliphatic hydroxyl groups excluding tert-OH is 2. The van der Waals surface area contributed by atoms with Gasteiger partial charge in [-0.3, -0.25) is 4.57 Å². The van der Waals surface area contributed by atoms with Crippen molar-refractivity contribution in [1.82, 2.24) is 9.55 Å². The summed E-state index contributed by atoms with van der Waals surface area (Å²) in [6, 6.07) is 1.76. The first-order valence-corrected chi connectivity index (χ1v) is 4.38. The molecule has 1 unspecified atom stereocenters. The molecule has 0 fully saturated rings. The van der Waals surface area contributed by atoms with Gasteiger partial charge in [0.25, 0.3) is 0 Å². The number of aliphatic hydroxyl groups is 2. The lowest BCUT2D eigenvalue weighted by Gasteiger charge is -2.12. The Labute approximate surface area is 81.7 Å². The van der Waals surface area contributed by atoms with Crippen molar-refractivity contribution in [2.75, 3.05) is 6.61 Å². The topological polar surface area (TPSA) is 75.3 Å². The minimum Gasteiger partial charge on any atom is -0.394 e. The van der Waals surface area contributed by atoms with Gasteiger partial charge in [0.2, 0.25) is 0 Å². The second-order valence-corrected chi connectivity index (χ2v) is 3.27. The smallest absolute Gasteiger partial charge is 0.348 e. The molecule has 0 amide bonds. The zero-order valence-electron chi connectivity index (χ0n) is 8.27. The first-order chi connectivity index (χ1) is 6.54. The Hall–Kier alpha value is -1.20. The molecule has 0 aliphatic carbocycles. The van der Waals surface area contributed by atoms with Gasteiger partial charge in [0.05, 0.1) is 19.3 Å². The highest BCUT2D eigenvalue weighted by molar-refractivity contribution is 5.06. The van der Waals surface area contributed by atoms with E-state index in [9.17, 15) is 9.90 Å². The Balaban J connectivity index is 3.03. The van der Waals surface area contributed by atoms with Gasteiger partial charge in [0.15, 0.2) is 0 Å². The van der Waals surface area contributed by atoms with Gasteiger partial charge in [-0.05, 0) is 19.9 Å². The molecule has 0 radical (unpaired) electrons. The minimum absolute atomic E-state index is 0.0778. The Morgan fingerprint density at radius 2 is 2.21 bits per heavy atom. The summed E-state index contributed by atoms with van der Waals surface area (Å²) >= 11 is 0. The molecule has 1 aromatic rings. The second kappa shape index (κ2) is 4.34. The molecule has 1 heterocycles. The molecule has 2 N–H and O–H groups in total. The number of hydrogen-bond donors (Lipinski definition) is 2. The van der Waals surface area contributed by atoms with Crippen LogP contribution in [0.2, 0.25) is 0 Å². The van der Waals surface area contributed by atoms with Gasteiger partial charge in [-0.15, -0.1) is 0 Å². The highest BCUT2D eigenvalue weighted by Gasteiger charge is 2.08. The van der Waals surface area contributed by atoms with Crippen LogP contribution in [-0.2, 0) is 6.54 Å². The Bertz CT molecular complexity index is 373. The van der Waals surface area contributed by atoms with Crippen LogP contribution in [0.1, 0.15) is 11.4 Å². The van der Waals surface area contributed by atoms with Gasteiger partial charge in [0, 0.05) is 11.4 Å². The molecule has 14 heavy (non-hydrogen) atoms. The summed E-state index contributed by atoms with van der Waals surface area (Å²) in [5, 5.41) is 17.8. The van der Waals surface area contributed by atoms with E-state index >= 15 is 0 Å². The maximum absolute atomic E-state index is 11.4. The van der Waals surface area contributed by atoms with E-state index in [2.05, 4.69) is 4.98 Å². The Kier molecular flexibility index (Phi) is 3.38. The molecule has 0 saturated heterocycles. The van der Waals surface area contributed by atoms with Crippen LogP contribution in [-0.4, -0.2) is 32.5 Å². The van der Waals surface area contributed by atoms with Gasteiger partial charge >= 0.3 is 5.69 Å². The first kappa shape index (κ1) is 10.9. The Morgan fingerprint density at radius 1 is 1.57 bits per heavy atom. The molecule has 0 aliphatic rings. The van der Waals surface area contributed by atoms with E-state index in [1.165, 1.54) is 4.57 Å². The van der Waals surface area contributed by atoms with Crippen molar-refractivity contribution in [3.8, 4) is 0 Å². The molecule has 5 heteroatoms. The normalized spacial score (nSPS) is 12.9.